The Morgan fingerprint density at radius 1 is 1.00 bits per heavy atom. The lowest BCUT2D eigenvalue weighted by Crippen LogP contribution is -2.48. The lowest BCUT2D eigenvalue weighted by Gasteiger charge is -2.33. The van der Waals surface area contributed by atoms with E-state index >= 15 is 0 Å². The monoisotopic (exact) mass is 420 g/mol. The maximum atomic E-state index is 13.9. The Hall–Kier alpha value is -2.69. The van der Waals surface area contributed by atoms with E-state index in [1.807, 2.05) is 35.2 Å². The van der Waals surface area contributed by atoms with Crippen LogP contribution in [0.4, 0.5) is 8.78 Å². The van der Waals surface area contributed by atoms with Crippen LogP contribution in [0.1, 0.15) is 5.89 Å². The fourth-order valence-electron chi connectivity index (χ4n) is 3.17. The lowest BCUT2D eigenvalue weighted by atomic mass is 10.2. The molecule has 0 saturated carbocycles. The van der Waals surface area contributed by atoms with Gasteiger partial charge in [0.25, 0.3) is 0 Å². The number of benzene rings is 2. The number of hydrogen-bond donors (Lipinski definition) is 0. The molecule has 1 aliphatic rings. The summed E-state index contributed by atoms with van der Waals surface area (Å²) in [5.41, 5.74) is 0.847. The first-order valence-corrected chi connectivity index (χ1v) is 10.4. The molecule has 1 saturated heterocycles. The largest absolute Gasteiger partial charge is 0.338 e. The van der Waals surface area contributed by atoms with Crippen molar-refractivity contribution >= 4 is 10.0 Å². The van der Waals surface area contributed by atoms with Gasteiger partial charge >= 0.3 is 0 Å². The van der Waals surface area contributed by atoms with E-state index in [9.17, 15) is 17.2 Å². The predicted molar refractivity (Wildman–Crippen MR) is 100 cm³/mol. The Morgan fingerprint density at radius 2 is 1.72 bits per heavy atom. The molecule has 1 aromatic heterocycles. The first-order valence-electron chi connectivity index (χ1n) is 8.99. The zero-order chi connectivity index (χ0) is 20.4. The first kappa shape index (κ1) is 19.6. The molecule has 0 aliphatic carbocycles. The van der Waals surface area contributed by atoms with Gasteiger partial charge in [-0.05, 0) is 12.1 Å². The highest BCUT2D eigenvalue weighted by molar-refractivity contribution is 7.89. The van der Waals surface area contributed by atoms with Crippen LogP contribution in [0.5, 0.6) is 0 Å². The standard InChI is InChI=1S/C19H18F2N4O3S/c20-15-6-7-17(16(21)12-15)29(26,27)25-10-8-24(9-11-25)13-18-22-19(23-28-18)14-4-2-1-3-5-14/h1-7,12H,8-11,13H2. The van der Waals surface area contributed by atoms with Crippen LogP contribution in [0.3, 0.4) is 0 Å². The minimum absolute atomic E-state index is 0.179. The Bertz CT molecular complexity index is 1100. The zero-order valence-corrected chi connectivity index (χ0v) is 16.1. The summed E-state index contributed by atoms with van der Waals surface area (Å²) >= 11 is 0. The molecule has 10 heteroatoms. The lowest BCUT2D eigenvalue weighted by molar-refractivity contribution is 0.163. The highest BCUT2D eigenvalue weighted by Gasteiger charge is 2.31. The summed E-state index contributed by atoms with van der Waals surface area (Å²) in [4.78, 5) is 5.84. The molecule has 0 spiro atoms. The van der Waals surface area contributed by atoms with E-state index in [2.05, 4.69) is 10.1 Å². The minimum Gasteiger partial charge on any atom is -0.338 e. The second-order valence-electron chi connectivity index (χ2n) is 6.63. The van der Waals surface area contributed by atoms with Crippen molar-refractivity contribution in [2.24, 2.45) is 0 Å². The van der Waals surface area contributed by atoms with Crippen LogP contribution in [-0.4, -0.2) is 53.9 Å². The van der Waals surface area contributed by atoms with E-state index in [4.69, 9.17) is 4.52 Å². The first-order chi connectivity index (χ1) is 13.9. The van der Waals surface area contributed by atoms with E-state index in [-0.39, 0.29) is 13.1 Å². The molecule has 29 heavy (non-hydrogen) atoms. The van der Waals surface area contributed by atoms with Crippen LogP contribution in [0, 0.1) is 11.6 Å². The van der Waals surface area contributed by atoms with Crippen molar-refractivity contribution < 1.29 is 21.7 Å². The van der Waals surface area contributed by atoms with Crippen molar-refractivity contribution in [2.45, 2.75) is 11.4 Å². The van der Waals surface area contributed by atoms with E-state index in [0.29, 0.717) is 37.4 Å². The topological polar surface area (TPSA) is 79.5 Å². The van der Waals surface area contributed by atoms with Crippen LogP contribution in [-0.2, 0) is 16.6 Å². The van der Waals surface area contributed by atoms with E-state index in [1.165, 1.54) is 4.31 Å². The van der Waals surface area contributed by atoms with Crippen molar-refractivity contribution in [2.75, 3.05) is 26.2 Å². The Labute approximate surface area is 166 Å². The van der Waals surface area contributed by atoms with Gasteiger partial charge in [0.1, 0.15) is 16.5 Å². The maximum absolute atomic E-state index is 13.9. The Morgan fingerprint density at radius 3 is 2.41 bits per heavy atom. The van der Waals surface area contributed by atoms with Crippen LogP contribution >= 0.6 is 0 Å². The minimum atomic E-state index is -4.02. The van der Waals surface area contributed by atoms with Crippen molar-refractivity contribution in [3.05, 3.63) is 66.1 Å². The van der Waals surface area contributed by atoms with Gasteiger partial charge < -0.3 is 4.52 Å². The molecule has 1 aliphatic heterocycles. The van der Waals surface area contributed by atoms with Gasteiger partial charge in [-0.1, -0.05) is 35.5 Å². The Kier molecular flexibility index (Phi) is 5.39. The summed E-state index contributed by atoms with van der Waals surface area (Å²) in [5, 5.41) is 3.97. The van der Waals surface area contributed by atoms with E-state index in [0.717, 1.165) is 17.7 Å². The summed E-state index contributed by atoms with van der Waals surface area (Å²) in [6, 6.07) is 11.9. The Balaban J connectivity index is 1.39. The molecule has 0 amide bonds. The third-order valence-electron chi connectivity index (χ3n) is 4.70. The molecule has 2 heterocycles. The molecule has 4 rings (SSSR count). The fraction of sp³-hybridized carbons (Fsp3) is 0.263. The van der Waals surface area contributed by atoms with Crippen LogP contribution in [0.25, 0.3) is 11.4 Å². The highest BCUT2D eigenvalue weighted by Crippen LogP contribution is 2.22. The quantitative estimate of drug-likeness (QED) is 0.631. The number of nitrogens with zero attached hydrogens (tertiary/aromatic N) is 4. The average Bonchev–Trinajstić information content (AvgIpc) is 3.17. The fourth-order valence-corrected chi connectivity index (χ4v) is 4.63. The van der Waals surface area contributed by atoms with Gasteiger partial charge in [-0.15, -0.1) is 0 Å². The molecule has 0 bridgehead atoms. The van der Waals surface area contributed by atoms with Gasteiger partial charge in [0.05, 0.1) is 6.54 Å². The summed E-state index contributed by atoms with van der Waals surface area (Å²) in [6.45, 7) is 1.59. The van der Waals surface area contributed by atoms with Crippen molar-refractivity contribution in [1.29, 1.82) is 0 Å². The number of sulfonamides is 1. The van der Waals surface area contributed by atoms with Crippen molar-refractivity contribution in [1.82, 2.24) is 19.3 Å². The zero-order valence-electron chi connectivity index (χ0n) is 15.3. The van der Waals surface area contributed by atoms with Crippen molar-refractivity contribution in [3.8, 4) is 11.4 Å². The third-order valence-corrected chi connectivity index (χ3v) is 6.63. The number of aromatic nitrogens is 2. The maximum Gasteiger partial charge on any atom is 0.246 e. The molecule has 3 aromatic rings. The molecule has 7 nitrogen and oxygen atoms in total. The van der Waals surface area contributed by atoms with Crippen molar-refractivity contribution in [3.63, 3.8) is 0 Å². The summed E-state index contributed by atoms with van der Waals surface area (Å²) < 4.78 is 58.8. The van der Waals surface area contributed by atoms with Gasteiger partial charge in [0.15, 0.2) is 0 Å². The summed E-state index contributed by atoms with van der Waals surface area (Å²) in [6.07, 6.45) is 0. The van der Waals surface area contributed by atoms with E-state index in [1.54, 1.807) is 0 Å². The van der Waals surface area contributed by atoms with Gasteiger partial charge in [-0.3, -0.25) is 4.90 Å². The van der Waals surface area contributed by atoms with Crippen LogP contribution in [0.15, 0.2) is 57.9 Å². The number of rotatable bonds is 5. The third kappa shape index (κ3) is 4.19. The highest BCUT2D eigenvalue weighted by atomic mass is 32.2. The molecule has 2 aromatic carbocycles. The average molecular weight is 420 g/mol. The molecule has 0 atom stereocenters. The predicted octanol–water partition coefficient (Wildman–Crippen LogP) is 2.52. The smallest absolute Gasteiger partial charge is 0.246 e. The van der Waals surface area contributed by atoms with Gasteiger partial charge in [-0.25, -0.2) is 17.2 Å². The number of hydrogen-bond acceptors (Lipinski definition) is 6. The molecule has 0 N–H and O–H groups in total. The second-order valence-corrected chi connectivity index (χ2v) is 8.54. The number of halogens is 2. The number of piperazine rings is 1. The SMILES string of the molecule is O=S(=O)(c1ccc(F)cc1F)N1CCN(Cc2nc(-c3ccccc3)no2)CC1. The molecule has 152 valence electrons. The molecule has 1 fully saturated rings. The van der Waals surface area contributed by atoms with Crippen LogP contribution in [0.2, 0.25) is 0 Å². The normalized spacial score (nSPS) is 16.2. The molecular formula is C19H18F2N4O3S. The van der Waals surface area contributed by atoms with Gasteiger partial charge in [0, 0.05) is 37.8 Å². The molecular weight excluding hydrogens is 402 g/mol. The second kappa shape index (κ2) is 7.97. The van der Waals surface area contributed by atoms with Gasteiger partial charge in [-0.2, -0.15) is 9.29 Å². The van der Waals surface area contributed by atoms with Crippen LogP contribution < -0.4 is 0 Å². The van der Waals surface area contributed by atoms with E-state index < -0.39 is 26.6 Å². The summed E-state index contributed by atoms with van der Waals surface area (Å²) in [5.74, 6) is -0.981. The van der Waals surface area contributed by atoms with Gasteiger partial charge in [0.2, 0.25) is 21.7 Å². The summed E-state index contributed by atoms with van der Waals surface area (Å²) in [7, 11) is -4.02. The molecule has 0 radical (unpaired) electrons. The molecule has 0 unspecified atom stereocenters.